The van der Waals surface area contributed by atoms with E-state index in [0.29, 0.717) is 10.9 Å². The van der Waals surface area contributed by atoms with Crippen LogP contribution in [0.25, 0.3) is 10.9 Å². The number of nitro benzene ring substituents is 1. The van der Waals surface area contributed by atoms with Gasteiger partial charge in [-0.3, -0.25) is 14.9 Å². The van der Waals surface area contributed by atoms with Crippen molar-refractivity contribution >= 4 is 44.1 Å². The quantitative estimate of drug-likeness (QED) is 0.301. The fourth-order valence-corrected chi connectivity index (χ4v) is 3.23. The lowest BCUT2D eigenvalue weighted by atomic mass is 10.1. The molecular weight excluding hydrogens is 464 g/mol. The molecule has 0 saturated carbocycles. The number of methoxy groups -OCH3 is 3. The van der Waals surface area contributed by atoms with Gasteiger partial charge in [0.1, 0.15) is 5.56 Å². The van der Waals surface area contributed by atoms with Gasteiger partial charge in [0.15, 0.2) is 11.4 Å². The molecule has 11 nitrogen and oxygen atoms in total. The van der Waals surface area contributed by atoms with E-state index < -0.39 is 22.1 Å². The fourth-order valence-electron chi connectivity index (χ4n) is 2.87. The van der Waals surface area contributed by atoms with E-state index in [9.17, 15) is 20.0 Å². The second-order valence-electron chi connectivity index (χ2n) is 5.82. The highest BCUT2D eigenvalue weighted by Gasteiger charge is 2.32. The number of hydrogen-bond donors (Lipinski definition) is 2. The van der Waals surface area contributed by atoms with E-state index in [0.717, 1.165) is 10.5 Å². The molecule has 3 aromatic rings. The van der Waals surface area contributed by atoms with Crippen molar-refractivity contribution in [2.75, 3.05) is 21.3 Å². The number of ether oxygens (including phenoxy) is 3. The van der Waals surface area contributed by atoms with Gasteiger partial charge in [-0.2, -0.15) is 0 Å². The normalized spacial score (nSPS) is 11.1. The number of rotatable bonds is 6. The number of carbonyl (C=O) groups excluding carboxylic acids is 1. The Morgan fingerprint density at radius 2 is 1.87 bits per heavy atom. The van der Waals surface area contributed by atoms with E-state index in [4.69, 9.17) is 14.2 Å². The van der Waals surface area contributed by atoms with E-state index in [1.807, 2.05) is 0 Å². The molecule has 1 heterocycles. The number of benzene rings is 2. The van der Waals surface area contributed by atoms with E-state index in [2.05, 4.69) is 31.1 Å². The van der Waals surface area contributed by atoms with Crippen LogP contribution in [0.1, 0.15) is 10.4 Å². The standard InChI is InChI=1S/C18H15BrN4O7/c1-28-12-7-10(14(23(26)27)16(30-3)15(12)29-2)17(24)22-21-13-9-6-8(19)4-5-11(9)20-18(13)25/h4-7,20,25H,1-3H3. The van der Waals surface area contributed by atoms with Crippen molar-refractivity contribution in [3.63, 3.8) is 0 Å². The minimum absolute atomic E-state index is 0.00902. The first kappa shape index (κ1) is 21.0. The molecule has 2 aromatic carbocycles. The number of amides is 1. The molecule has 0 bridgehead atoms. The molecule has 0 aliphatic carbocycles. The van der Waals surface area contributed by atoms with Gasteiger partial charge in [0.2, 0.25) is 17.4 Å². The van der Waals surface area contributed by atoms with Crippen molar-refractivity contribution < 1.29 is 29.0 Å². The Morgan fingerprint density at radius 3 is 2.47 bits per heavy atom. The Balaban J connectivity index is 2.13. The van der Waals surface area contributed by atoms with E-state index >= 15 is 0 Å². The number of aromatic amines is 1. The number of nitrogens with zero attached hydrogens (tertiary/aromatic N) is 3. The number of nitro groups is 1. The van der Waals surface area contributed by atoms with Gasteiger partial charge in [-0.25, -0.2) is 0 Å². The Hall–Kier alpha value is -3.67. The molecule has 0 spiro atoms. The highest BCUT2D eigenvalue weighted by atomic mass is 79.9. The zero-order valence-electron chi connectivity index (χ0n) is 15.9. The molecule has 0 aliphatic heterocycles. The lowest BCUT2D eigenvalue weighted by Gasteiger charge is -2.13. The number of H-pyrrole nitrogens is 1. The maximum absolute atomic E-state index is 12.7. The number of nitrogens with one attached hydrogen (secondary N) is 1. The molecule has 12 heteroatoms. The average Bonchev–Trinajstić information content (AvgIpc) is 3.04. The van der Waals surface area contributed by atoms with Crippen molar-refractivity contribution in [1.82, 2.24) is 4.98 Å². The molecular formula is C18H15BrN4O7. The zero-order chi connectivity index (χ0) is 22.0. The number of aromatic hydroxyl groups is 1. The van der Waals surface area contributed by atoms with Gasteiger partial charge in [0.05, 0.1) is 31.8 Å². The summed E-state index contributed by atoms with van der Waals surface area (Å²) in [5, 5.41) is 29.6. The van der Waals surface area contributed by atoms with E-state index in [1.165, 1.54) is 21.3 Å². The topological polar surface area (TPSA) is 149 Å². The Bertz CT molecular complexity index is 1190. The monoisotopic (exact) mass is 478 g/mol. The number of fused-ring (bicyclic) bond motifs is 1. The van der Waals surface area contributed by atoms with Crippen molar-refractivity contribution in [3.8, 4) is 23.1 Å². The third kappa shape index (κ3) is 3.64. The molecule has 1 amide bonds. The molecule has 0 atom stereocenters. The summed E-state index contributed by atoms with van der Waals surface area (Å²) in [7, 11) is 3.78. The molecule has 3 rings (SSSR count). The van der Waals surface area contributed by atoms with Crippen molar-refractivity contribution in [2.24, 2.45) is 10.2 Å². The summed E-state index contributed by atoms with van der Waals surface area (Å²) in [5.41, 5.74) is -0.491. The van der Waals surface area contributed by atoms with Crippen LogP contribution >= 0.6 is 15.9 Å². The van der Waals surface area contributed by atoms with E-state index in [1.54, 1.807) is 18.2 Å². The third-order valence-corrected chi connectivity index (χ3v) is 4.66. The minimum Gasteiger partial charge on any atom is -0.493 e. The minimum atomic E-state index is -1.04. The molecule has 0 saturated heterocycles. The van der Waals surface area contributed by atoms with E-state index in [-0.39, 0.29) is 28.8 Å². The summed E-state index contributed by atoms with van der Waals surface area (Å²) in [5.74, 6) is -1.64. The van der Waals surface area contributed by atoms with Gasteiger partial charge in [-0.15, -0.1) is 10.2 Å². The second kappa shape index (κ2) is 8.37. The van der Waals surface area contributed by atoms with Crippen molar-refractivity contribution in [3.05, 3.63) is 44.4 Å². The summed E-state index contributed by atoms with van der Waals surface area (Å²) in [6.07, 6.45) is 0. The number of hydrogen-bond acceptors (Lipinski definition) is 8. The highest BCUT2D eigenvalue weighted by Crippen LogP contribution is 2.46. The highest BCUT2D eigenvalue weighted by molar-refractivity contribution is 9.10. The predicted octanol–water partition coefficient (Wildman–Crippen LogP) is 4.49. The first-order chi connectivity index (χ1) is 14.3. The van der Waals surface area contributed by atoms with Crippen LogP contribution < -0.4 is 14.2 Å². The summed E-state index contributed by atoms with van der Waals surface area (Å²) in [4.78, 5) is 26.2. The Kier molecular flexibility index (Phi) is 5.87. The molecule has 30 heavy (non-hydrogen) atoms. The van der Waals surface area contributed by atoms with Gasteiger partial charge in [0.25, 0.3) is 0 Å². The first-order valence-electron chi connectivity index (χ1n) is 8.26. The summed E-state index contributed by atoms with van der Waals surface area (Å²) in [6.45, 7) is 0. The summed E-state index contributed by atoms with van der Waals surface area (Å²) in [6, 6.07) is 6.24. The molecule has 0 fully saturated rings. The SMILES string of the molecule is COc1cc(C(=O)N=Nc2c(O)[nH]c3ccc(Br)cc23)c([N+](=O)[O-])c(OC)c1OC. The Labute approximate surface area is 177 Å². The Morgan fingerprint density at radius 1 is 1.17 bits per heavy atom. The summed E-state index contributed by atoms with van der Waals surface area (Å²) < 4.78 is 16.1. The number of azo groups is 1. The average molecular weight is 479 g/mol. The molecule has 0 radical (unpaired) electrons. The van der Waals surface area contributed by atoms with Gasteiger partial charge < -0.3 is 24.3 Å². The van der Waals surface area contributed by atoms with Gasteiger partial charge in [-0.05, 0) is 18.2 Å². The number of carbonyl (C=O) groups is 1. The molecule has 0 unspecified atom stereocenters. The molecule has 0 aliphatic rings. The van der Waals surface area contributed by atoms with Crippen LogP contribution in [0.4, 0.5) is 11.4 Å². The number of aromatic nitrogens is 1. The zero-order valence-corrected chi connectivity index (χ0v) is 17.5. The molecule has 2 N–H and O–H groups in total. The van der Waals surface area contributed by atoms with Crippen LogP contribution in [0.5, 0.6) is 23.1 Å². The maximum Gasteiger partial charge on any atom is 0.328 e. The lowest BCUT2D eigenvalue weighted by molar-refractivity contribution is -0.386. The van der Waals surface area contributed by atoms with Gasteiger partial charge in [0, 0.05) is 15.9 Å². The van der Waals surface area contributed by atoms with Crippen LogP contribution in [0.15, 0.2) is 39.0 Å². The largest absolute Gasteiger partial charge is 0.493 e. The third-order valence-electron chi connectivity index (χ3n) is 4.17. The first-order valence-corrected chi connectivity index (χ1v) is 9.05. The second-order valence-corrected chi connectivity index (χ2v) is 6.73. The van der Waals surface area contributed by atoms with Crippen molar-refractivity contribution in [2.45, 2.75) is 0 Å². The van der Waals surface area contributed by atoms with Gasteiger partial charge >= 0.3 is 11.6 Å². The predicted molar refractivity (Wildman–Crippen MR) is 109 cm³/mol. The van der Waals surface area contributed by atoms with Crippen LogP contribution in [-0.2, 0) is 0 Å². The van der Waals surface area contributed by atoms with Crippen molar-refractivity contribution in [1.29, 1.82) is 0 Å². The molecule has 1 aromatic heterocycles. The smallest absolute Gasteiger partial charge is 0.328 e. The molecule has 156 valence electrons. The number of halogens is 1. The van der Waals surface area contributed by atoms with Crippen LogP contribution in [0.2, 0.25) is 0 Å². The summed E-state index contributed by atoms with van der Waals surface area (Å²) >= 11 is 3.31. The van der Waals surface area contributed by atoms with Crippen LogP contribution in [0.3, 0.4) is 0 Å². The lowest BCUT2D eigenvalue weighted by Crippen LogP contribution is -2.06. The fraction of sp³-hybridized carbons (Fsp3) is 0.167. The maximum atomic E-state index is 12.7. The van der Waals surface area contributed by atoms with Crippen LogP contribution in [-0.4, -0.2) is 42.3 Å². The van der Waals surface area contributed by atoms with Gasteiger partial charge in [-0.1, -0.05) is 15.9 Å². The van der Waals surface area contributed by atoms with Crippen LogP contribution in [0, 0.1) is 10.1 Å².